The number of nitrogens with one attached hydrogen (secondary N) is 1. The Bertz CT molecular complexity index is 1310. The average Bonchev–Trinajstić information content (AvgIpc) is 3.08. The fourth-order valence-corrected chi connectivity index (χ4v) is 4.29. The SMILES string of the molecule is Cc1cc(C)nc(-n2nc(C)c(CC(=O)N(c3ccc(Nc4ccccc4)cc3)C(C)C)c2C)n1. The maximum absolute atomic E-state index is 13.5. The Balaban J connectivity index is 1.56. The van der Waals surface area contributed by atoms with E-state index in [1.54, 1.807) is 4.68 Å². The van der Waals surface area contributed by atoms with E-state index in [-0.39, 0.29) is 18.4 Å². The first-order chi connectivity index (χ1) is 16.7. The van der Waals surface area contributed by atoms with E-state index in [9.17, 15) is 4.79 Å². The Morgan fingerprint density at radius 2 is 1.51 bits per heavy atom. The van der Waals surface area contributed by atoms with E-state index in [1.807, 2.05) is 107 Å². The van der Waals surface area contributed by atoms with Crippen molar-refractivity contribution < 1.29 is 4.79 Å². The monoisotopic (exact) mass is 468 g/mol. The molecule has 0 unspecified atom stereocenters. The molecule has 0 atom stereocenters. The number of hydrogen-bond acceptors (Lipinski definition) is 5. The molecule has 0 aliphatic rings. The predicted octanol–water partition coefficient (Wildman–Crippen LogP) is 5.62. The number of hydrogen-bond donors (Lipinski definition) is 1. The maximum atomic E-state index is 13.5. The predicted molar refractivity (Wildman–Crippen MR) is 141 cm³/mol. The van der Waals surface area contributed by atoms with Gasteiger partial charge in [0.15, 0.2) is 0 Å². The molecule has 2 aromatic carbocycles. The molecule has 0 aliphatic carbocycles. The third kappa shape index (κ3) is 5.40. The fraction of sp³-hybridized carbons (Fsp3) is 0.286. The van der Waals surface area contributed by atoms with Crippen LogP contribution in [0.5, 0.6) is 0 Å². The van der Waals surface area contributed by atoms with E-state index < -0.39 is 0 Å². The van der Waals surface area contributed by atoms with Gasteiger partial charge in [0, 0.05) is 45.7 Å². The zero-order chi connectivity index (χ0) is 25.1. The summed E-state index contributed by atoms with van der Waals surface area (Å²) in [5.41, 5.74) is 7.22. The molecule has 0 saturated heterocycles. The summed E-state index contributed by atoms with van der Waals surface area (Å²) >= 11 is 0. The van der Waals surface area contributed by atoms with Crippen molar-refractivity contribution in [1.29, 1.82) is 0 Å². The molecule has 35 heavy (non-hydrogen) atoms. The molecule has 4 aromatic rings. The molecular weight excluding hydrogens is 436 g/mol. The standard InChI is InChI=1S/C28H32N6O/c1-18(2)33(25-14-12-24(13-15-25)31-23-10-8-7-9-11-23)27(35)17-26-21(5)32-34(22(26)6)28-29-19(3)16-20(4)30-28/h7-16,18,31H,17H2,1-6H3. The first kappa shape index (κ1) is 24.1. The van der Waals surface area contributed by atoms with E-state index in [2.05, 4.69) is 20.4 Å². The zero-order valence-electron chi connectivity index (χ0n) is 21.2. The van der Waals surface area contributed by atoms with Crippen molar-refractivity contribution in [2.75, 3.05) is 10.2 Å². The number of rotatable bonds is 7. The highest BCUT2D eigenvalue weighted by Gasteiger charge is 2.23. The lowest BCUT2D eigenvalue weighted by Gasteiger charge is -2.27. The quantitative estimate of drug-likeness (QED) is 0.381. The smallest absolute Gasteiger partial charge is 0.251 e. The van der Waals surface area contributed by atoms with Crippen LogP contribution in [-0.4, -0.2) is 31.7 Å². The number of carbonyl (C=O) groups is 1. The molecule has 1 N–H and O–H groups in total. The normalized spacial score (nSPS) is 11.1. The molecule has 0 aliphatic heterocycles. The molecular formula is C28H32N6O. The molecule has 0 spiro atoms. The fourth-order valence-electron chi connectivity index (χ4n) is 4.29. The topological polar surface area (TPSA) is 75.9 Å². The lowest BCUT2D eigenvalue weighted by atomic mass is 10.1. The molecule has 7 heteroatoms. The summed E-state index contributed by atoms with van der Waals surface area (Å²) in [7, 11) is 0. The minimum Gasteiger partial charge on any atom is -0.356 e. The van der Waals surface area contributed by atoms with Gasteiger partial charge in [-0.15, -0.1) is 0 Å². The number of aromatic nitrogens is 4. The summed E-state index contributed by atoms with van der Waals surface area (Å²) in [5, 5.41) is 8.04. The molecule has 2 aromatic heterocycles. The van der Waals surface area contributed by atoms with Crippen LogP contribution >= 0.6 is 0 Å². The minimum atomic E-state index is 0.00819. The van der Waals surface area contributed by atoms with Gasteiger partial charge in [-0.05, 0) is 84.0 Å². The first-order valence-corrected chi connectivity index (χ1v) is 11.8. The Hall–Kier alpha value is -4.00. The first-order valence-electron chi connectivity index (χ1n) is 11.8. The zero-order valence-corrected chi connectivity index (χ0v) is 21.2. The van der Waals surface area contributed by atoms with Crippen LogP contribution in [0.4, 0.5) is 17.1 Å². The van der Waals surface area contributed by atoms with Crippen LogP contribution in [0.25, 0.3) is 5.95 Å². The molecule has 0 saturated carbocycles. The van der Waals surface area contributed by atoms with Crippen LogP contribution < -0.4 is 10.2 Å². The van der Waals surface area contributed by atoms with Crippen LogP contribution in [0.3, 0.4) is 0 Å². The van der Waals surface area contributed by atoms with E-state index >= 15 is 0 Å². The Morgan fingerprint density at radius 3 is 2.11 bits per heavy atom. The van der Waals surface area contributed by atoms with Gasteiger partial charge in [-0.2, -0.15) is 5.10 Å². The second-order valence-corrected chi connectivity index (χ2v) is 9.08. The Kier molecular flexibility index (Phi) is 6.96. The number of para-hydroxylation sites is 1. The minimum absolute atomic E-state index is 0.00819. The van der Waals surface area contributed by atoms with Crippen molar-refractivity contribution >= 4 is 23.0 Å². The molecule has 4 rings (SSSR count). The second-order valence-electron chi connectivity index (χ2n) is 9.08. The van der Waals surface area contributed by atoms with Crippen LogP contribution in [0.1, 0.15) is 42.2 Å². The van der Waals surface area contributed by atoms with Crippen molar-refractivity contribution in [3.63, 3.8) is 0 Å². The van der Waals surface area contributed by atoms with Crippen LogP contribution in [0, 0.1) is 27.7 Å². The molecule has 0 fully saturated rings. The average molecular weight is 469 g/mol. The van der Waals surface area contributed by atoms with Gasteiger partial charge in [0.25, 0.3) is 5.95 Å². The van der Waals surface area contributed by atoms with E-state index in [0.717, 1.165) is 45.4 Å². The number of anilines is 3. The summed E-state index contributed by atoms with van der Waals surface area (Å²) in [6, 6.07) is 19.9. The summed E-state index contributed by atoms with van der Waals surface area (Å²) in [6.45, 7) is 11.8. The van der Waals surface area contributed by atoms with E-state index in [1.165, 1.54) is 0 Å². The van der Waals surface area contributed by atoms with Crippen molar-refractivity contribution in [3.8, 4) is 5.95 Å². The van der Waals surface area contributed by atoms with Crippen LogP contribution in [-0.2, 0) is 11.2 Å². The van der Waals surface area contributed by atoms with E-state index in [0.29, 0.717) is 5.95 Å². The maximum Gasteiger partial charge on any atom is 0.251 e. The molecule has 2 heterocycles. The van der Waals surface area contributed by atoms with Gasteiger partial charge in [0.2, 0.25) is 5.91 Å². The third-order valence-corrected chi connectivity index (χ3v) is 5.92. The highest BCUT2D eigenvalue weighted by molar-refractivity contribution is 5.95. The van der Waals surface area contributed by atoms with Crippen LogP contribution in [0.2, 0.25) is 0 Å². The molecule has 0 bridgehead atoms. The molecule has 180 valence electrons. The highest BCUT2D eigenvalue weighted by atomic mass is 16.2. The van der Waals surface area contributed by atoms with Gasteiger partial charge in [-0.1, -0.05) is 18.2 Å². The largest absolute Gasteiger partial charge is 0.356 e. The van der Waals surface area contributed by atoms with Gasteiger partial charge in [0.1, 0.15) is 0 Å². The summed E-state index contributed by atoms with van der Waals surface area (Å²) in [4.78, 5) is 24.4. The molecule has 7 nitrogen and oxygen atoms in total. The van der Waals surface area contributed by atoms with E-state index in [4.69, 9.17) is 0 Å². The van der Waals surface area contributed by atoms with Crippen molar-refractivity contribution in [1.82, 2.24) is 19.7 Å². The van der Waals surface area contributed by atoms with Crippen molar-refractivity contribution in [3.05, 3.63) is 89.0 Å². The van der Waals surface area contributed by atoms with Gasteiger partial charge >= 0.3 is 0 Å². The number of carbonyl (C=O) groups excluding carboxylic acids is 1. The molecule has 0 radical (unpaired) electrons. The number of amides is 1. The van der Waals surface area contributed by atoms with Gasteiger partial charge in [0.05, 0.1) is 12.1 Å². The van der Waals surface area contributed by atoms with Gasteiger partial charge in [-0.3, -0.25) is 4.79 Å². The summed E-state index contributed by atoms with van der Waals surface area (Å²) in [5.74, 6) is 0.555. The summed E-state index contributed by atoms with van der Waals surface area (Å²) in [6.07, 6.45) is 0.255. The van der Waals surface area contributed by atoms with Crippen molar-refractivity contribution in [2.45, 2.75) is 54.0 Å². The second kappa shape index (κ2) is 10.1. The number of aryl methyl sites for hydroxylation is 3. The lowest BCUT2D eigenvalue weighted by molar-refractivity contribution is -0.118. The van der Waals surface area contributed by atoms with Crippen molar-refractivity contribution in [2.24, 2.45) is 0 Å². The van der Waals surface area contributed by atoms with Gasteiger partial charge < -0.3 is 10.2 Å². The lowest BCUT2D eigenvalue weighted by Crippen LogP contribution is -2.38. The summed E-state index contributed by atoms with van der Waals surface area (Å²) < 4.78 is 1.74. The molecule has 1 amide bonds. The third-order valence-electron chi connectivity index (χ3n) is 5.92. The Labute approximate surface area is 206 Å². The number of benzene rings is 2. The Morgan fingerprint density at radius 1 is 0.914 bits per heavy atom. The van der Waals surface area contributed by atoms with Crippen LogP contribution in [0.15, 0.2) is 60.7 Å². The van der Waals surface area contributed by atoms with Gasteiger partial charge in [-0.25, -0.2) is 14.6 Å². The highest BCUT2D eigenvalue weighted by Crippen LogP contribution is 2.25. The number of nitrogens with zero attached hydrogens (tertiary/aromatic N) is 5.